The average Bonchev–Trinajstić information content (AvgIpc) is 3.08. The Bertz CT molecular complexity index is 962. The number of aromatic nitrogens is 2. The van der Waals surface area contributed by atoms with Crippen molar-refractivity contribution in [3.05, 3.63) is 83.0 Å². The molecule has 0 radical (unpaired) electrons. The fourth-order valence-electron chi connectivity index (χ4n) is 3.07. The molecule has 1 aliphatic heterocycles. The molecular formula is C20H16F3N3O2. The van der Waals surface area contributed by atoms with Gasteiger partial charge in [0.15, 0.2) is 5.82 Å². The van der Waals surface area contributed by atoms with Crippen LogP contribution in [0, 0.1) is 0 Å². The summed E-state index contributed by atoms with van der Waals surface area (Å²) in [5.41, 5.74) is 0.520. The maximum Gasteiger partial charge on any atom is 0.416 e. The predicted octanol–water partition coefficient (Wildman–Crippen LogP) is 3.92. The first-order chi connectivity index (χ1) is 13.4. The number of carbonyl (C=O) groups excluding carboxylic acids is 1. The number of rotatable bonds is 4. The summed E-state index contributed by atoms with van der Waals surface area (Å²) in [7, 11) is 0. The SMILES string of the molecule is O=C(c1ccc(C(F)(F)F)cc1)N1CC(c2nc(Cc3ccccc3)no2)C1. The summed E-state index contributed by atoms with van der Waals surface area (Å²) in [6.07, 6.45) is -3.86. The molecule has 2 heterocycles. The van der Waals surface area contributed by atoms with Crippen molar-refractivity contribution in [3.63, 3.8) is 0 Å². The molecular weight excluding hydrogens is 371 g/mol. The quantitative estimate of drug-likeness (QED) is 0.681. The molecule has 144 valence electrons. The van der Waals surface area contributed by atoms with Crippen LogP contribution in [0.5, 0.6) is 0 Å². The number of amides is 1. The van der Waals surface area contributed by atoms with Crippen LogP contribution < -0.4 is 0 Å². The Hall–Kier alpha value is -3.16. The Morgan fingerprint density at radius 3 is 2.39 bits per heavy atom. The minimum absolute atomic E-state index is 0.0598. The first kappa shape index (κ1) is 18.2. The molecule has 28 heavy (non-hydrogen) atoms. The average molecular weight is 387 g/mol. The lowest BCUT2D eigenvalue weighted by molar-refractivity contribution is -0.137. The lowest BCUT2D eigenvalue weighted by Crippen LogP contribution is -2.48. The van der Waals surface area contributed by atoms with Gasteiger partial charge in [0.05, 0.1) is 11.5 Å². The Morgan fingerprint density at radius 1 is 1.07 bits per heavy atom. The highest BCUT2D eigenvalue weighted by Crippen LogP contribution is 2.31. The Labute approximate surface area is 158 Å². The van der Waals surface area contributed by atoms with Crippen LogP contribution in [0.3, 0.4) is 0 Å². The zero-order valence-electron chi connectivity index (χ0n) is 14.7. The molecule has 0 N–H and O–H groups in total. The van der Waals surface area contributed by atoms with Gasteiger partial charge in [0.1, 0.15) is 0 Å². The molecule has 1 saturated heterocycles. The fourth-order valence-corrected chi connectivity index (χ4v) is 3.07. The van der Waals surface area contributed by atoms with Gasteiger partial charge in [0, 0.05) is 25.1 Å². The minimum Gasteiger partial charge on any atom is -0.339 e. The van der Waals surface area contributed by atoms with Crippen molar-refractivity contribution in [1.29, 1.82) is 0 Å². The molecule has 5 nitrogen and oxygen atoms in total. The van der Waals surface area contributed by atoms with Gasteiger partial charge >= 0.3 is 6.18 Å². The van der Waals surface area contributed by atoms with E-state index in [4.69, 9.17) is 4.52 Å². The van der Waals surface area contributed by atoms with Crippen molar-refractivity contribution in [3.8, 4) is 0 Å². The molecule has 1 aromatic heterocycles. The maximum atomic E-state index is 12.6. The molecule has 0 aliphatic carbocycles. The summed E-state index contributed by atoms with van der Waals surface area (Å²) < 4.78 is 43.2. The first-order valence-corrected chi connectivity index (χ1v) is 8.73. The van der Waals surface area contributed by atoms with Gasteiger partial charge in [-0.2, -0.15) is 18.2 Å². The number of halogens is 3. The van der Waals surface area contributed by atoms with Crippen LogP contribution in [-0.4, -0.2) is 34.0 Å². The van der Waals surface area contributed by atoms with Crippen LogP contribution in [0.2, 0.25) is 0 Å². The molecule has 3 aromatic rings. The Morgan fingerprint density at radius 2 is 1.75 bits per heavy atom. The van der Waals surface area contributed by atoms with Crippen molar-refractivity contribution in [2.75, 3.05) is 13.1 Å². The van der Waals surface area contributed by atoms with Gasteiger partial charge in [-0.3, -0.25) is 4.79 Å². The second kappa shape index (κ2) is 7.10. The normalized spacial score (nSPS) is 14.8. The van der Waals surface area contributed by atoms with Crippen LogP contribution in [0.4, 0.5) is 13.2 Å². The van der Waals surface area contributed by atoms with Gasteiger partial charge in [-0.25, -0.2) is 0 Å². The number of likely N-dealkylation sites (tertiary alicyclic amines) is 1. The van der Waals surface area contributed by atoms with Gasteiger partial charge in [0.2, 0.25) is 5.89 Å². The van der Waals surface area contributed by atoms with Crippen LogP contribution in [0.25, 0.3) is 0 Å². The van der Waals surface area contributed by atoms with E-state index in [9.17, 15) is 18.0 Å². The number of hydrogen-bond acceptors (Lipinski definition) is 4. The molecule has 2 aromatic carbocycles. The highest BCUT2D eigenvalue weighted by Gasteiger charge is 2.36. The molecule has 1 amide bonds. The van der Waals surface area contributed by atoms with E-state index in [-0.39, 0.29) is 17.4 Å². The molecule has 1 fully saturated rings. The molecule has 1 aliphatic rings. The van der Waals surface area contributed by atoms with Gasteiger partial charge in [0.25, 0.3) is 5.91 Å². The highest BCUT2D eigenvalue weighted by atomic mass is 19.4. The van der Waals surface area contributed by atoms with Gasteiger partial charge in [-0.1, -0.05) is 35.5 Å². The van der Waals surface area contributed by atoms with Crippen molar-refractivity contribution in [2.24, 2.45) is 0 Å². The van der Waals surface area contributed by atoms with Crippen LogP contribution >= 0.6 is 0 Å². The van der Waals surface area contributed by atoms with Crippen LogP contribution in [-0.2, 0) is 12.6 Å². The number of carbonyl (C=O) groups is 1. The predicted molar refractivity (Wildman–Crippen MR) is 93.6 cm³/mol. The largest absolute Gasteiger partial charge is 0.416 e. The standard InChI is InChI=1S/C20H16F3N3O2/c21-20(22,23)16-8-6-14(7-9-16)19(27)26-11-15(12-26)18-24-17(25-28-18)10-13-4-2-1-3-5-13/h1-9,15H,10-12H2. The third kappa shape index (κ3) is 3.76. The second-order valence-electron chi connectivity index (χ2n) is 6.69. The summed E-state index contributed by atoms with van der Waals surface area (Å²) >= 11 is 0. The van der Waals surface area contributed by atoms with E-state index in [1.807, 2.05) is 30.3 Å². The minimum atomic E-state index is -4.42. The number of hydrogen-bond donors (Lipinski definition) is 0. The van der Waals surface area contributed by atoms with Gasteiger partial charge in [-0.05, 0) is 29.8 Å². The third-order valence-corrected chi connectivity index (χ3v) is 4.67. The summed E-state index contributed by atoms with van der Waals surface area (Å²) in [4.78, 5) is 18.3. The Kier molecular flexibility index (Phi) is 4.62. The van der Waals surface area contributed by atoms with Gasteiger partial charge < -0.3 is 9.42 Å². The zero-order valence-corrected chi connectivity index (χ0v) is 14.7. The van der Waals surface area contributed by atoms with E-state index in [0.717, 1.165) is 17.7 Å². The second-order valence-corrected chi connectivity index (χ2v) is 6.69. The first-order valence-electron chi connectivity index (χ1n) is 8.73. The molecule has 0 bridgehead atoms. The summed E-state index contributed by atoms with van der Waals surface area (Å²) in [5.74, 6) is 0.681. The summed E-state index contributed by atoms with van der Waals surface area (Å²) in [6, 6.07) is 14.0. The van der Waals surface area contributed by atoms with Crippen molar-refractivity contribution in [2.45, 2.75) is 18.5 Å². The lowest BCUT2D eigenvalue weighted by Gasteiger charge is -2.37. The van der Waals surface area contributed by atoms with Crippen molar-refractivity contribution in [1.82, 2.24) is 15.0 Å². The van der Waals surface area contributed by atoms with E-state index in [1.54, 1.807) is 4.90 Å². The highest BCUT2D eigenvalue weighted by molar-refractivity contribution is 5.94. The van der Waals surface area contributed by atoms with Crippen LogP contribution in [0.15, 0.2) is 59.1 Å². The fraction of sp³-hybridized carbons (Fsp3) is 0.250. The van der Waals surface area contributed by atoms with E-state index in [1.165, 1.54) is 12.1 Å². The molecule has 0 atom stereocenters. The summed E-state index contributed by atoms with van der Waals surface area (Å²) in [6.45, 7) is 0.791. The maximum absolute atomic E-state index is 12.6. The summed E-state index contributed by atoms with van der Waals surface area (Å²) in [5, 5.41) is 3.98. The van der Waals surface area contributed by atoms with Crippen molar-refractivity contribution < 1.29 is 22.5 Å². The lowest BCUT2D eigenvalue weighted by atomic mass is 9.98. The Balaban J connectivity index is 1.35. The van der Waals surface area contributed by atoms with Crippen LogP contribution in [0.1, 0.15) is 39.1 Å². The van der Waals surface area contributed by atoms with Crippen molar-refractivity contribution >= 4 is 5.91 Å². The van der Waals surface area contributed by atoms with E-state index < -0.39 is 11.7 Å². The molecule has 0 saturated carbocycles. The molecule has 8 heteroatoms. The number of benzene rings is 2. The molecule has 4 rings (SSSR count). The molecule has 0 unspecified atom stereocenters. The topological polar surface area (TPSA) is 59.2 Å². The van der Waals surface area contributed by atoms with E-state index in [0.29, 0.717) is 31.2 Å². The monoisotopic (exact) mass is 387 g/mol. The third-order valence-electron chi connectivity index (χ3n) is 4.67. The number of alkyl halides is 3. The number of nitrogens with zero attached hydrogens (tertiary/aromatic N) is 3. The van der Waals surface area contributed by atoms with E-state index in [2.05, 4.69) is 10.1 Å². The van der Waals surface area contributed by atoms with Gasteiger partial charge in [-0.15, -0.1) is 0 Å². The smallest absolute Gasteiger partial charge is 0.339 e. The zero-order chi connectivity index (χ0) is 19.7. The van der Waals surface area contributed by atoms with E-state index >= 15 is 0 Å². The molecule has 0 spiro atoms.